The van der Waals surface area contributed by atoms with E-state index in [1.165, 1.54) is 0 Å². The van der Waals surface area contributed by atoms with Gasteiger partial charge in [-0.25, -0.2) is 0 Å². The number of rotatable bonds is 6. The zero-order chi connectivity index (χ0) is 15.1. The summed E-state index contributed by atoms with van der Waals surface area (Å²) in [6, 6.07) is 17.5. The standard InChI is InChI=1S/C17H20N2O2/c1-18-17(20)16(14-6-4-3-5-7-14)19-12-13-8-10-15(21-2)11-9-13/h3-11,16,19H,12H2,1-2H3,(H,18,20)/p+1. The fourth-order valence-electron chi connectivity index (χ4n) is 2.23. The number of benzene rings is 2. The minimum atomic E-state index is -0.238. The summed E-state index contributed by atoms with van der Waals surface area (Å²) in [4.78, 5) is 12.1. The molecule has 2 aromatic carbocycles. The predicted molar refractivity (Wildman–Crippen MR) is 81.9 cm³/mol. The molecular weight excluding hydrogens is 264 g/mol. The predicted octanol–water partition coefficient (Wildman–Crippen LogP) is 1.25. The van der Waals surface area contributed by atoms with E-state index in [0.29, 0.717) is 0 Å². The molecule has 4 heteroatoms. The molecule has 110 valence electrons. The molecular formula is C17H21N2O2+. The second kappa shape index (κ2) is 7.45. The summed E-state index contributed by atoms with van der Waals surface area (Å²) < 4.78 is 5.15. The Bertz CT molecular complexity index is 567. The van der Waals surface area contributed by atoms with E-state index in [1.54, 1.807) is 14.2 Å². The summed E-state index contributed by atoms with van der Waals surface area (Å²) in [5.41, 5.74) is 2.16. The first kappa shape index (κ1) is 15.1. The SMILES string of the molecule is CNC(=O)C([NH2+]Cc1ccc(OC)cc1)c1ccccc1. The number of amides is 1. The van der Waals surface area contributed by atoms with Crippen molar-refractivity contribution in [3.8, 4) is 5.75 Å². The summed E-state index contributed by atoms with van der Waals surface area (Å²) in [6.45, 7) is 0.733. The monoisotopic (exact) mass is 285 g/mol. The van der Waals surface area contributed by atoms with Crippen LogP contribution in [-0.4, -0.2) is 20.1 Å². The van der Waals surface area contributed by atoms with Gasteiger partial charge in [-0.05, 0) is 24.3 Å². The van der Waals surface area contributed by atoms with E-state index in [2.05, 4.69) is 5.32 Å². The molecule has 4 nitrogen and oxygen atoms in total. The maximum Gasteiger partial charge on any atom is 0.282 e. The first-order chi connectivity index (χ1) is 10.2. The molecule has 0 aliphatic carbocycles. The largest absolute Gasteiger partial charge is 0.497 e. The fraction of sp³-hybridized carbons (Fsp3) is 0.235. The number of carbonyl (C=O) groups excluding carboxylic acids is 1. The second-order valence-electron chi connectivity index (χ2n) is 4.79. The first-order valence-electron chi connectivity index (χ1n) is 6.97. The summed E-state index contributed by atoms with van der Waals surface area (Å²) in [7, 11) is 3.32. The Labute approximate surface area is 125 Å². The normalized spacial score (nSPS) is 11.7. The van der Waals surface area contributed by atoms with Crippen molar-refractivity contribution in [2.45, 2.75) is 12.6 Å². The molecule has 1 unspecified atom stereocenters. The third-order valence-corrected chi connectivity index (χ3v) is 3.44. The van der Waals surface area contributed by atoms with Crippen molar-refractivity contribution >= 4 is 5.91 Å². The molecule has 0 aliphatic rings. The van der Waals surface area contributed by atoms with Gasteiger partial charge in [-0.3, -0.25) is 4.79 Å². The second-order valence-corrected chi connectivity index (χ2v) is 4.79. The summed E-state index contributed by atoms with van der Waals surface area (Å²) >= 11 is 0. The number of ether oxygens (including phenoxy) is 1. The highest BCUT2D eigenvalue weighted by atomic mass is 16.5. The molecule has 0 aromatic heterocycles. The van der Waals surface area contributed by atoms with Crippen LogP contribution in [0.3, 0.4) is 0 Å². The molecule has 0 heterocycles. The Morgan fingerprint density at radius 1 is 1.14 bits per heavy atom. The summed E-state index contributed by atoms with van der Waals surface area (Å²) in [5, 5.41) is 4.77. The van der Waals surface area contributed by atoms with Crippen LogP contribution in [0.15, 0.2) is 54.6 Å². The van der Waals surface area contributed by atoms with Gasteiger partial charge in [0.05, 0.1) is 7.11 Å². The minimum Gasteiger partial charge on any atom is -0.497 e. The number of carbonyl (C=O) groups is 1. The van der Waals surface area contributed by atoms with Crippen molar-refractivity contribution in [1.29, 1.82) is 0 Å². The Morgan fingerprint density at radius 3 is 2.38 bits per heavy atom. The zero-order valence-electron chi connectivity index (χ0n) is 12.4. The lowest BCUT2D eigenvalue weighted by molar-refractivity contribution is -0.698. The number of nitrogens with one attached hydrogen (secondary N) is 1. The van der Waals surface area contributed by atoms with Gasteiger partial charge in [-0.1, -0.05) is 30.3 Å². The Morgan fingerprint density at radius 2 is 1.81 bits per heavy atom. The van der Waals surface area contributed by atoms with Crippen LogP contribution in [0.4, 0.5) is 0 Å². The Balaban J connectivity index is 2.07. The van der Waals surface area contributed by atoms with Gasteiger partial charge in [0.25, 0.3) is 5.91 Å². The van der Waals surface area contributed by atoms with Crippen LogP contribution >= 0.6 is 0 Å². The van der Waals surface area contributed by atoms with Crippen molar-refractivity contribution in [3.05, 3.63) is 65.7 Å². The van der Waals surface area contributed by atoms with E-state index in [4.69, 9.17) is 4.74 Å². The van der Waals surface area contributed by atoms with Crippen LogP contribution in [0.1, 0.15) is 17.2 Å². The van der Waals surface area contributed by atoms with Gasteiger partial charge in [0.15, 0.2) is 6.04 Å². The van der Waals surface area contributed by atoms with E-state index in [1.807, 2.05) is 59.9 Å². The quantitative estimate of drug-likeness (QED) is 0.839. The average molecular weight is 285 g/mol. The number of hydrogen-bond acceptors (Lipinski definition) is 2. The highest BCUT2D eigenvalue weighted by Gasteiger charge is 2.22. The van der Waals surface area contributed by atoms with Gasteiger partial charge in [-0.15, -0.1) is 0 Å². The molecule has 0 radical (unpaired) electrons. The van der Waals surface area contributed by atoms with Gasteiger partial charge < -0.3 is 15.4 Å². The molecule has 3 N–H and O–H groups in total. The van der Waals surface area contributed by atoms with E-state index in [9.17, 15) is 4.79 Å². The highest BCUT2D eigenvalue weighted by molar-refractivity contribution is 5.81. The fourth-order valence-corrected chi connectivity index (χ4v) is 2.23. The van der Waals surface area contributed by atoms with Crippen LogP contribution in [0.25, 0.3) is 0 Å². The average Bonchev–Trinajstić information content (AvgIpc) is 2.56. The van der Waals surface area contributed by atoms with E-state index in [0.717, 1.165) is 23.4 Å². The lowest BCUT2D eigenvalue weighted by Gasteiger charge is -2.14. The number of likely N-dealkylation sites (N-methyl/N-ethyl adjacent to an activating group) is 1. The molecule has 0 saturated carbocycles. The van der Waals surface area contributed by atoms with Crippen molar-refractivity contribution in [1.82, 2.24) is 5.32 Å². The molecule has 0 spiro atoms. The van der Waals surface area contributed by atoms with Crippen LogP contribution in [0.2, 0.25) is 0 Å². The molecule has 2 rings (SSSR count). The molecule has 2 aromatic rings. The van der Waals surface area contributed by atoms with Crippen molar-refractivity contribution in [3.63, 3.8) is 0 Å². The lowest BCUT2D eigenvalue weighted by atomic mass is 10.1. The van der Waals surface area contributed by atoms with E-state index >= 15 is 0 Å². The van der Waals surface area contributed by atoms with Crippen LogP contribution in [0, 0.1) is 0 Å². The summed E-state index contributed by atoms with van der Waals surface area (Å²) in [6.07, 6.45) is 0. The molecule has 0 fully saturated rings. The minimum absolute atomic E-state index is 0.00899. The molecule has 0 aliphatic heterocycles. The smallest absolute Gasteiger partial charge is 0.282 e. The summed E-state index contributed by atoms with van der Waals surface area (Å²) in [5.74, 6) is 0.847. The number of nitrogens with two attached hydrogens (primary N) is 1. The molecule has 1 amide bonds. The maximum absolute atomic E-state index is 12.1. The number of quaternary nitrogens is 1. The highest BCUT2D eigenvalue weighted by Crippen LogP contribution is 2.11. The first-order valence-corrected chi connectivity index (χ1v) is 6.97. The Kier molecular flexibility index (Phi) is 5.35. The van der Waals surface area contributed by atoms with Gasteiger partial charge in [-0.2, -0.15) is 0 Å². The Hall–Kier alpha value is -2.33. The molecule has 0 saturated heterocycles. The van der Waals surface area contributed by atoms with Crippen molar-refractivity contribution in [2.75, 3.05) is 14.2 Å². The number of hydrogen-bond donors (Lipinski definition) is 2. The zero-order valence-corrected chi connectivity index (χ0v) is 12.4. The lowest BCUT2D eigenvalue weighted by Crippen LogP contribution is -2.86. The number of methoxy groups -OCH3 is 1. The van der Waals surface area contributed by atoms with E-state index < -0.39 is 0 Å². The van der Waals surface area contributed by atoms with Crippen molar-refractivity contribution in [2.24, 2.45) is 0 Å². The van der Waals surface area contributed by atoms with Gasteiger partial charge in [0.1, 0.15) is 12.3 Å². The van der Waals surface area contributed by atoms with Crippen LogP contribution < -0.4 is 15.4 Å². The topological polar surface area (TPSA) is 54.9 Å². The van der Waals surface area contributed by atoms with Crippen LogP contribution in [-0.2, 0) is 11.3 Å². The maximum atomic E-state index is 12.1. The van der Waals surface area contributed by atoms with Crippen LogP contribution in [0.5, 0.6) is 5.75 Å². The third-order valence-electron chi connectivity index (χ3n) is 3.44. The van der Waals surface area contributed by atoms with Gasteiger partial charge in [0, 0.05) is 18.2 Å². The van der Waals surface area contributed by atoms with Gasteiger partial charge >= 0.3 is 0 Å². The molecule has 21 heavy (non-hydrogen) atoms. The van der Waals surface area contributed by atoms with Crippen molar-refractivity contribution < 1.29 is 14.8 Å². The van der Waals surface area contributed by atoms with E-state index in [-0.39, 0.29) is 11.9 Å². The molecule has 0 bridgehead atoms. The van der Waals surface area contributed by atoms with Gasteiger partial charge in [0.2, 0.25) is 0 Å². The third kappa shape index (κ3) is 4.07. The molecule has 1 atom stereocenters.